The van der Waals surface area contributed by atoms with Crippen molar-refractivity contribution in [2.75, 3.05) is 26.2 Å². The third-order valence-electron chi connectivity index (χ3n) is 3.91. The number of sulfonamides is 1. The minimum Gasteiger partial charge on any atom is -0.337 e. The number of hydrogen-bond donors (Lipinski definition) is 0. The molecule has 0 radical (unpaired) electrons. The van der Waals surface area contributed by atoms with Crippen LogP contribution in [0.1, 0.15) is 25.3 Å². The zero-order valence-corrected chi connectivity index (χ0v) is 13.8. The van der Waals surface area contributed by atoms with E-state index in [0.717, 1.165) is 5.56 Å². The van der Waals surface area contributed by atoms with Crippen molar-refractivity contribution in [3.63, 3.8) is 0 Å². The first-order chi connectivity index (χ1) is 10.4. The molecule has 0 bridgehead atoms. The summed E-state index contributed by atoms with van der Waals surface area (Å²) < 4.78 is 26.7. The summed E-state index contributed by atoms with van der Waals surface area (Å²) >= 11 is 0. The van der Waals surface area contributed by atoms with Gasteiger partial charge in [-0.2, -0.15) is 4.31 Å². The van der Waals surface area contributed by atoms with Crippen molar-refractivity contribution in [2.24, 2.45) is 0 Å². The molecule has 120 valence electrons. The van der Waals surface area contributed by atoms with Gasteiger partial charge in [-0.1, -0.05) is 32.6 Å². The first-order valence-corrected chi connectivity index (χ1v) is 8.81. The highest BCUT2D eigenvalue weighted by Crippen LogP contribution is 2.21. The minimum absolute atomic E-state index is 0.154. The minimum atomic E-state index is -3.49. The Bertz CT molecular complexity index is 642. The highest BCUT2D eigenvalue weighted by Gasteiger charge is 2.29. The predicted molar refractivity (Wildman–Crippen MR) is 86.1 cm³/mol. The molecule has 1 heterocycles. The van der Waals surface area contributed by atoms with Gasteiger partial charge in [0.25, 0.3) is 0 Å². The molecule has 5 nitrogen and oxygen atoms in total. The fraction of sp³-hybridized carbons (Fsp3) is 0.438. The average molecular weight is 322 g/mol. The molecule has 1 fully saturated rings. The van der Waals surface area contributed by atoms with Gasteiger partial charge in [-0.25, -0.2) is 8.42 Å². The summed E-state index contributed by atoms with van der Waals surface area (Å²) in [6.07, 6.45) is 1.26. The number of nitrogens with zero attached hydrogens (tertiary/aromatic N) is 2. The van der Waals surface area contributed by atoms with Crippen LogP contribution in [0.15, 0.2) is 41.8 Å². The molecular weight excluding hydrogens is 300 g/mol. The van der Waals surface area contributed by atoms with Crippen LogP contribution in [-0.2, 0) is 14.8 Å². The Kier molecular flexibility index (Phi) is 5.03. The summed E-state index contributed by atoms with van der Waals surface area (Å²) in [5.74, 6) is 0.212. The molecule has 1 aliphatic heterocycles. The summed E-state index contributed by atoms with van der Waals surface area (Å²) in [7, 11) is -3.49. The van der Waals surface area contributed by atoms with Gasteiger partial charge in [-0.05, 0) is 29.7 Å². The van der Waals surface area contributed by atoms with E-state index in [9.17, 15) is 13.2 Å². The summed E-state index contributed by atoms with van der Waals surface area (Å²) in [6, 6.07) is 7.03. The second-order valence-electron chi connectivity index (χ2n) is 5.66. The maximum absolute atomic E-state index is 12.6. The SMILES string of the molecule is C=CC(=O)N1CCN(S(=O)(=O)c2ccc(C(C)C)cc2)CC1. The largest absolute Gasteiger partial charge is 0.337 e. The quantitative estimate of drug-likeness (QED) is 0.795. The lowest BCUT2D eigenvalue weighted by Crippen LogP contribution is -2.50. The number of carbonyl (C=O) groups excluding carboxylic acids is 1. The third-order valence-corrected chi connectivity index (χ3v) is 5.82. The molecule has 0 aromatic heterocycles. The van der Waals surface area contributed by atoms with Gasteiger partial charge in [-0.15, -0.1) is 0 Å². The van der Waals surface area contributed by atoms with Crippen molar-refractivity contribution in [3.8, 4) is 0 Å². The maximum Gasteiger partial charge on any atom is 0.246 e. The van der Waals surface area contributed by atoms with E-state index in [1.807, 2.05) is 12.1 Å². The molecule has 0 atom stereocenters. The summed E-state index contributed by atoms with van der Waals surface area (Å²) in [6.45, 7) is 9.01. The molecule has 0 unspecified atom stereocenters. The maximum atomic E-state index is 12.6. The number of carbonyl (C=O) groups is 1. The lowest BCUT2D eigenvalue weighted by molar-refractivity contribution is -0.127. The van der Waals surface area contributed by atoms with E-state index in [1.165, 1.54) is 10.4 Å². The van der Waals surface area contributed by atoms with Gasteiger partial charge in [0.05, 0.1) is 4.90 Å². The van der Waals surface area contributed by atoms with Crippen LogP contribution >= 0.6 is 0 Å². The van der Waals surface area contributed by atoms with Crippen LogP contribution in [0.2, 0.25) is 0 Å². The molecule has 1 amide bonds. The number of hydrogen-bond acceptors (Lipinski definition) is 3. The predicted octanol–water partition coefficient (Wildman–Crippen LogP) is 1.83. The lowest BCUT2D eigenvalue weighted by Gasteiger charge is -2.33. The van der Waals surface area contributed by atoms with Crippen molar-refractivity contribution in [3.05, 3.63) is 42.5 Å². The number of piperazine rings is 1. The smallest absolute Gasteiger partial charge is 0.246 e. The third kappa shape index (κ3) is 3.39. The second kappa shape index (κ2) is 6.62. The molecule has 0 spiro atoms. The molecular formula is C16H22N2O3S. The highest BCUT2D eigenvalue weighted by molar-refractivity contribution is 7.89. The second-order valence-corrected chi connectivity index (χ2v) is 7.60. The van der Waals surface area contributed by atoms with Crippen LogP contribution in [0.25, 0.3) is 0 Å². The summed E-state index contributed by atoms with van der Waals surface area (Å²) in [5.41, 5.74) is 1.11. The normalized spacial score (nSPS) is 16.8. The standard InChI is InChI=1S/C16H22N2O3S/c1-4-16(19)17-9-11-18(12-10-17)22(20,21)15-7-5-14(6-8-15)13(2)3/h4-8,13H,1,9-12H2,2-3H3. The number of rotatable bonds is 4. The molecule has 22 heavy (non-hydrogen) atoms. The Hall–Kier alpha value is -1.66. The highest BCUT2D eigenvalue weighted by atomic mass is 32.2. The summed E-state index contributed by atoms with van der Waals surface area (Å²) in [5, 5.41) is 0. The average Bonchev–Trinajstić information content (AvgIpc) is 2.54. The Morgan fingerprint density at radius 1 is 1.14 bits per heavy atom. The van der Waals surface area contributed by atoms with Crippen LogP contribution in [0.5, 0.6) is 0 Å². The van der Waals surface area contributed by atoms with Gasteiger partial charge in [0.2, 0.25) is 15.9 Å². The molecule has 2 rings (SSSR count). The van der Waals surface area contributed by atoms with E-state index < -0.39 is 10.0 Å². The Balaban J connectivity index is 2.11. The van der Waals surface area contributed by atoms with Gasteiger partial charge < -0.3 is 4.90 Å². The molecule has 1 aliphatic rings. The lowest BCUT2D eigenvalue weighted by atomic mass is 10.0. The van der Waals surface area contributed by atoms with Crippen molar-refractivity contribution in [1.82, 2.24) is 9.21 Å². The van der Waals surface area contributed by atoms with Gasteiger partial charge in [-0.3, -0.25) is 4.79 Å². The zero-order valence-electron chi connectivity index (χ0n) is 13.0. The Morgan fingerprint density at radius 2 is 1.68 bits per heavy atom. The van der Waals surface area contributed by atoms with Crippen molar-refractivity contribution < 1.29 is 13.2 Å². The van der Waals surface area contributed by atoms with E-state index in [2.05, 4.69) is 20.4 Å². The van der Waals surface area contributed by atoms with E-state index in [-0.39, 0.29) is 5.91 Å². The molecule has 0 aliphatic carbocycles. The van der Waals surface area contributed by atoms with Crippen LogP contribution < -0.4 is 0 Å². The molecule has 0 saturated carbocycles. The summed E-state index contributed by atoms with van der Waals surface area (Å²) in [4.78, 5) is 13.5. The fourth-order valence-electron chi connectivity index (χ4n) is 2.45. The van der Waals surface area contributed by atoms with Gasteiger partial charge in [0.15, 0.2) is 0 Å². The van der Waals surface area contributed by atoms with Gasteiger partial charge in [0, 0.05) is 26.2 Å². The zero-order chi connectivity index (χ0) is 16.3. The first kappa shape index (κ1) is 16.7. The van der Waals surface area contributed by atoms with E-state index in [0.29, 0.717) is 37.0 Å². The van der Waals surface area contributed by atoms with Crippen LogP contribution in [-0.4, -0.2) is 49.7 Å². The first-order valence-electron chi connectivity index (χ1n) is 7.37. The van der Waals surface area contributed by atoms with Gasteiger partial charge >= 0.3 is 0 Å². The van der Waals surface area contributed by atoms with Crippen LogP contribution in [0.3, 0.4) is 0 Å². The van der Waals surface area contributed by atoms with Crippen LogP contribution in [0, 0.1) is 0 Å². The van der Waals surface area contributed by atoms with E-state index >= 15 is 0 Å². The molecule has 1 aromatic rings. The van der Waals surface area contributed by atoms with E-state index in [4.69, 9.17) is 0 Å². The molecule has 1 aromatic carbocycles. The molecule has 0 N–H and O–H groups in total. The van der Waals surface area contributed by atoms with Crippen molar-refractivity contribution in [2.45, 2.75) is 24.7 Å². The molecule has 1 saturated heterocycles. The van der Waals surface area contributed by atoms with E-state index in [1.54, 1.807) is 17.0 Å². The van der Waals surface area contributed by atoms with Crippen LogP contribution in [0.4, 0.5) is 0 Å². The van der Waals surface area contributed by atoms with Crippen molar-refractivity contribution in [1.29, 1.82) is 0 Å². The Labute approximate surface area is 132 Å². The topological polar surface area (TPSA) is 57.7 Å². The monoisotopic (exact) mass is 322 g/mol. The van der Waals surface area contributed by atoms with Gasteiger partial charge in [0.1, 0.15) is 0 Å². The fourth-order valence-corrected chi connectivity index (χ4v) is 3.87. The Morgan fingerprint density at radius 3 is 2.14 bits per heavy atom. The molecule has 6 heteroatoms. The van der Waals surface area contributed by atoms with Crippen molar-refractivity contribution >= 4 is 15.9 Å². The number of benzene rings is 1. The number of amides is 1.